The van der Waals surface area contributed by atoms with Gasteiger partial charge in [-0.05, 0) is 18.2 Å². The predicted octanol–water partition coefficient (Wildman–Crippen LogP) is 2.50. The van der Waals surface area contributed by atoms with Gasteiger partial charge in [0.15, 0.2) is 0 Å². The molecule has 0 saturated heterocycles. The first kappa shape index (κ1) is 15.9. The quantitative estimate of drug-likeness (QED) is 0.805. The second-order valence-corrected chi connectivity index (χ2v) is 6.13. The zero-order valence-electron chi connectivity index (χ0n) is 11.1. The Morgan fingerprint density at radius 3 is 2.68 bits per heavy atom. The lowest BCUT2D eigenvalue weighted by molar-refractivity contribution is 0.0942. The molecule has 0 radical (unpaired) electrons. The molecule has 6 heteroatoms. The van der Waals surface area contributed by atoms with Crippen molar-refractivity contribution in [1.82, 2.24) is 5.32 Å². The summed E-state index contributed by atoms with van der Waals surface area (Å²) in [4.78, 5) is 12.5. The lowest BCUT2D eigenvalue weighted by atomic mass is 9.93. The van der Waals surface area contributed by atoms with Crippen molar-refractivity contribution in [3.05, 3.63) is 28.2 Å². The van der Waals surface area contributed by atoms with Crippen LogP contribution in [0.25, 0.3) is 0 Å². The Morgan fingerprint density at radius 2 is 2.16 bits per heavy atom. The van der Waals surface area contributed by atoms with Gasteiger partial charge in [0.2, 0.25) is 0 Å². The third kappa shape index (κ3) is 4.18. The Bertz CT molecular complexity index is 503. The number of thiocarbonyl (C=S) groups is 1. The maximum atomic E-state index is 12.1. The molecule has 0 fully saturated rings. The second kappa shape index (κ2) is 6.34. The van der Waals surface area contributed by atoms with E-state index in [-0.39, 0.29) is 5.91 Å². The van der Waals surface area contributed by atoms with Gasteiger partial charge in [0, 0.05) is 16.4 Å². The molecule has 0 aliphatic heterocycles. The van der Waals surface area contributed by atoms with E-state index >= 15 is 0 Å². The number of rotatable bonds is 5. The van der Waals surface area contributed by atoms with Crippen LogP contribution in [-0.4, -0.2) is 24.6 Å². The molecule has 3 N–H and O–H groups in total. The molecule has 1 aromatic carbocycles. The maximum Gasteiger partial charge on any atom is 0.255 e. The van der Waals surface area contributed by atoms with Crippen molar-refractivity contribution in [3.8, 4) is 5.75 Å². The van der Waals surface area contributed by atoms with Crippen molar-refractivity contribution < 1.29 is 9.53 Å². The summed E-state index contributed by atoms with van der Waals surface area (Å²) in [6.45, 7) is 4.14. The summed E-state index contributed by atoms with van der Waals surface area (Å²) in [5, 5.41) is 2.81. The molecule has 4 nitrogen and oxygen atoms in total. The van der Waals surface area contributed by atoms with Crippen molar-refractivity contribution in [2.75, 3.05) is 13.7 Å². The minimum absolute atomic E-state index is 0.214. The van der Waals surface area contributed by atoms with E-state index in [1.807, 2.05) is 13.8 Å². The fourth-order valence-electron chi connectivity index (χ4n) is 1.34. The molecular weight excluding hydrogens is 328 g/mol. The van der Waals surface area contributed by atoms with Crippen LogP contribution in [0.2, 0.25) is 0 Å². The first-order valence-corrected chi connectivity index (χ1v) is 6.89. The van der Waals surface area contributed by atoms with Crippen LogP contribution >= 0.6 is 28.1 Å². The molecule has 0 spiro atoms. The predicted molar refractivity (Wildman–Crippen MR) is 83.6 cm³/mol. The minimum atomic E-state index is -0.423. The summed E-state index contributed by atoms with van der Waals surface area (Å²) in [5.41, 5.74) is 5.67. The highest BCUT2D eigenvalue weighted by atomic mass is 79.9. The molecule has 0 saturated carbocycles. The zero-order chi connectivity index (χ0) is 14.6. The number of nitrogens with two attached hydrogens (primary N) is 1. The van der Waals surface area contributed by atoms with Crippen molar-refractivity contribution in [2.24, 2.45) is 11.1 Å². The number of nitrogens with one attached hydrogen (secondary N) is 1. The normalized spacial score (nSPS) is 10.9. The molecule has 0 heterocycles. The number of carbonyl (C=O) groups excluding carboxylic acids is 1. The molecule has 0 unspecified atom stereocenters. The fraction of sp³-hybridized carbons (Fsp3) is 0.385. The van der Waals surface area contributed by atoms with E-state index in [0.29, 0.717) is 22.8 Å². The van der Waals surface area contributed by atoms with Crippen molar-refractivity contribution in [1.29, 1.82) is 0 Å². The highest BCUT2D eigenvalue weighted by Crippen LogP contribution is 2.23. The molecule has 1 rings (SSSR count). The largest absolute Gasteiger partial charge is 0.496 e. The SMILES string of the molecule is COc1cc(Br)ccc1C(=O)NCC(C)(C)C(N)=S. The van der Waals surface area contributed by atoms with Gasteiger partial charge < -0.3 is 15.8 Å². The summed E-state index contributed by atoms with van der Waals surface area (Å²) in [6.07, 6.45) is 0. The van der Waals surface area contributed by atoms with Crippen LogP contribution in [0.1, 0.15) is 24.2 Å². The third-order valence-electron chi connectivity index (χ3n) is 2.77. The molecule has 0 atom stereocenters. The Hall–Kier alpha value is -1.14. The van der Waals surface area contributed by atoms with E-state index in [0.717, 1.165) is 4.47 Å². The Morgan fingerprint density at radius 1 is 1.53 bits per heavy atom. The highest BCUT2D eigenvalue weighted by molar-refractivity contribution is 9.10. The van der Waals surface area contributed by atoms with Crippen LogP contribution in [-0.2, 0) is 0 Å². The molecule has 104 valence electrons. The molecule has 0 aromatic heterocycles. The van der Waals surface area contributed by atoms with Crippen LogP contribution in [0.3, 0.4) is 0 Å². The van der Waals surface area contributed by atoms with Gasteiger partial charge in [0.25, 0.3) is 5.91 Å². The van der Waals surface area contributed by atoms with E-state index < -0.39 is 5.41 Å². The van der Waals surface area contributed by atoms with Gasteiger partial charge in [-0.2, -0.15) is 0 Å². The minimum Gasteiger partial charge on any atom is -0.496 e. The molecule has 1 amide bonds. The van der Waals surface area contributed by atoms with E-state index in [1.165, 1.54) is 7.11 Å². The summed E-state index contributed by atoms with van der Waals surface area (Å²) >= 11 is 8.29. The van der Waals surface area contributed by atoms with Gasteiger partial charge in [0.1, 0.15) is 5.75 Å². The van der Waals surface area contributed by atoms with Crippen LogP contribution in [0, 0.1) is 5.41 Å². The van der Waals surface area contributed by atoms with Gasteiger partial charge in [-0.25, -0.2) is 0 Å². The lowest BCUT2D eigenvalue weighted by Crippen LogP contribution is -2.41. The number of carbonyl (C=O) groups is 1. The average molecular weight is 345 g/mol. The lowest BCUT2D eigenvalue weighted by Gasteiger charge is -2.23. The Labute approximate surface area is 126 Å². The Kier molecular flexibility index (Phi) is 5.31. The standard InChI is InChI=1S/C13H17BrN2O2S/c1-13(2,12(15)19)7-16-11(17)9-5-4-8(14)6-10(9)18-3/h4-6H,7H2,1-3H3,(H2,15,19)(H,16,17). The number of halogens is 1. The molecule has 19 heavy (non-hydrogen) atoms. The van der Waals surface area contributed by atoms with Crippen molar-refractivity contribution >= 4 is 39.0 Å². The number of hydrogen-bond donors (Lipinski definition) is 2. The van der Waals surface area contributed by atoms with Crippen molar-refractivity contribution in [3.63, 3.8) is 0 Å². The molecular formula is C13H17BrN2O2S. The fourth-order valence-corrected chi connectivity index (χ4v) is 1.75. The van der Waals surface area contributed by atoms with Crippen LogP contribution in [0.15, 0.2) is 22.7 Å². The van der Waals surface area contributed by atoms with Gasteiger partial charge in [0.05, 0.1) is 17.7 Å². The van der Waals surface area contributed by atoms with Gasteiger partial charge >= 0.3 is 0 Å². The summed E-state index contributed by atoms with van der Waals surface area (Å²) in [6, 6.07) is 5.23. The second-order valence-electron chi connectivity index (χ2n) is 4.78. The summed E-state index contributed by atoms with van der Waals surface area (Å²) in [5.74, 6) is 0.300. The zero-order valence-corrected chi connectivity index (χ0v) is 13.5. The smallest absolute Gasteiger partial charge is 0.255 e. The van der Waals surface area contributed by atoms with Gasteiger partial charge in [-0.15, -0.1) is 0 Å². The van der Waals surface area contributed by atoms with Crippen molar-refractivity contribution in [2.45, 2.75) is 13.8 Å². The number of ether oxygens (including phenoxy) is 1. The first-order chi connectivity index (χ1) is 8.77. The Balaban J connectivity index is 2.82. The average Bonchev–Trinajstić information content (AvgIpc) is 2.35. The van der Waals surface area contributed by atoms with E-state index in [4.69, 9.17) is 22.7 Å². The number of hydrogen-bond acceptors (Lipinski definition) is 3. The molecule has 0 aliphatic rings. The first-order valence-electron chi connectivity index (χ1n) is 5.69. The summed E-state index contributed by atoms with van der Waals surface area (Å²) < 4.78 is 6.04. The highest BCUT2D eigenvalue weighted by Gasteiger charge is 2.23. The van der Waals surface area contributed by atoms with E-state index in [1.54, 1.807) is 18.2 Å². The molecule has 1 aromatic rings. The van der Waals surface area contributed by atoms with Crippen LogP contribution < -0.4 is 15.8 Å². The summed E-state index contributed by atoms with van der Waals surface area (Å²) in [7, 11) is 1.53. The van der Waals surface area contributed by atoms with E-state index in [9.17, 15) is 4.79 Å². The number of methoxy groups -OCH3 is 1. The topological polar surface area (TPSA) is 64.3 Å². The molecule has 0 bridgehead atoms. The maximum absolute atomic E-state index is 12.1. The molecule has 0 aliphatic carbocycles. The monoisotopic (exact) mass is 344 g/mol. The van der Waals surface area contributed by atoms with E-state index in [2.05, 4.69) is 21.2 Å². The van der Waals surface area contributed by atoms with Gasteiger partial charge in [-0.1, -0.05) is 42.0 Å². The van der Waals surface area contributed by atoms with Gasteiger partial charge in [-0.3, -0.25) is 4.79 Å². The number of benzene rings is 1. The van der Waals surface area contributed by atoms with Crippen LogP contribution in [0.4, 0.5) is 0 Å². The van der Waals surface area contributed by atoms with Crippen LogP contribution in [0.5, 0.6) is 5.75 Å². The number of amides is 1. The third-order valence-corrected chi connectivity index (χ3v) is 3.81.